The Morgan fingerprint density at radius 3 is 2.24 bits per heavy atom. The molecule has 0 unspecified atom stereocenters. The Kier molecular flexibility index (Phi) is 4.77. The largest absolute Gasteiger partial charge is 0.495 e. The number of halogens is 2. The van der Waals surface area contributed by atoms with E-state index in [4.69, 9.17) is 27.9 Å². The van der Waals surface area contributed by atoms with Gasteiger partial charge in [-0.3, -0.25) is 5.10 Å². The fourth-order valence-electron chi connectivity index (χ4n) is 2.48. The van der Waals surface area contributed by atoms with Gasteiger partial charge in [0.1, 0.15) is 5.75 Å². The molecule has 0 aliphatic carbocycles. The van der Waals surface area contributed by atoms with Crippen molar-refractivity contribution < 1.29 is 13.2 Å². The average molecular weight is 397 g/mol. The van der Waals surface area contributed by atoms with Crippen LogP contribution < -0.4 is 4.74 Å². The minimum Gasteiger partial charge on any atom is -0.495 e. The van der Waals surface area contributed by atoms with Crippen LogP contribution in [0.25, 0.3) is 22.4 Å². The van der Waals surface area contributed by atoms with E-state index in [1.54, 1.807) is 43.5 Å². The van der Waals surface area contributed by atoms with Crippen LogP contribution in [0.4, 0.5) is 0 Å². The molecule has 0 bridgehead atoms. The topological polar surface area (TPSA) is 72.0 Å². The maximum absolute atomic E-state index is 11.6. The molecule has 0 atom stereocenters. The summed E-state index contributed by atoms with van der Waals surface area (Å²) >= 11 is 12.4. The molecule has 1 aromatic heterocycles. The predicted molar refractivity (Wildman–Crippen MR) is 99.1 cm³/mol. The van der Waals surface area contributed by atoms with Crippen molar-refractivity contribution in [1.82, 2.24) is 10.2 Å². The van der Waals surface area contributed by atoms with E-state index in [-0.39, 0.29) is 4.90 Å². The van der Waals surface area contributed by atoms with Gasteiger partial charge in [0.25, 0.3) is 0 Å². The first-order valence-electron chi connectivity index (χ1n) is 7.19. The number of H-pyrrole nitrogens is 1. The Bertz CT molecular complexity index is 1030. The third-order valence-electron chi connectivity index (χ3n) is 3.73. The average Bonchev–Trinajstić information content (AvgIpc) is 2.95. The molecule has 0 aliphatic rings. The van der Waals surface area contributed by atoms with E-state index in [0.29, 0.717) is 27.2 Å². The Balaban J connectivity index is 2.10. The van der Waals surface area contributed by atoms with Gasteiger partial charge in [0.2, 0.25) is 0 Å². The number of hydrogen-bond donors (Lipinski definition) is 1. The third-order valence-corrected chi connectivity index (χ3v) is 5.43. The second-order valence-corrected chi connectivity index (χ2v) is 8.19. The van der Waals surface area contributed by atoms with Crippen LogP contribution >= 0.6 is 23.2 Å². The molecule has 0 aliphatic heterocycles. The van der Waals surface area contributed by atoms with Gasteiger partial charge in [-0.05, 0) is 29.8 Å². The van der Waals surface area contributed by atoms with Crippen molar-refractivity contribution in [2.75, 3.05) is 13.4 Å². The number of benzene rings is 2. The lowest BCUT2D eigenvalue weighted by molar-refractivity contribution is 0.415. The van der Waals surface area contributed by atoms with Crippen LogP contribution in [0.2, 0.25) is 10.2 Å². The van der Waals surface area contributed by atoms with Crippen LogP contribution in [0.1, 0.15) is 0 Å². The minimum atomic E-state index is -3.26. The lowest BCUT2D eigenvalue weighted by Crippen LogP contribution is -1.96. The molecular weight excluding hydrogens is 383 g/mol. The van der Waals surface area contributed by atoms with Crippen LogP contribution in [0.15, 0.2) is 47.4 Å². The van der Waals surface area contributed by atoms with E-state index in [2.05, 4.69) is 10.2 Å². The van der Waals surface area contributed by atoms with Crippen molar-refractivity contribution in [3.8, 4) is 28.1 Å². The molecule has 0 amide bonds. The Labute approximate surface area is 155 Å². The number of ether oxygens (including phenoxy) is 1. The standard InChI is InChI=1S/C17H14Cl2N2O3S/c1-24-14-8-5-11(9-13(14)18)15-16(20-21-17(15)19)10-3-6-12(7-4-10)25(2,22)23/h3-9H,1-2H3,(H,20,21). The molecule has 8 heteroatoms. The number of hydrogen-bond acceptors (Lipinski definition) is 4. The zero-order valence-corrected chi connectivity index (χ0v) is 15.7. The number of methoxy groups -OCH3 is 1. The molecule has 130 valence electrons. The fraction of sp³-hybridized carbons (Fsp3) is 0.118. The molecule has 25 heavy (non-hydrogen) atoms. The summed E-state index contributed by atoms with van der Waals surface area (Å²) in [6.07, 6.45) is 1.17. The zero-order chi connectivity index (χ0) is 18.2. The summed E-state index contributed by atoms with van der Waals surface area (Å²) in [5, 5.41) is 7.70. The molecule has 0 saturated carbocycles. The highest BCUT2D eigenvalue weighted by molar-refractivity contribution is 7.90. The summed E-state index contributed by atoms with van der Waals surface area (Å²) in [4.78, 5) is 0.246. The molecule has 0 radical (unpaired) electrons. The summed E-state index contributed by atoms with van der Waals surface area (Å²) in [5.41, 5.74) is 2.88. The minimum absolute atomic E-state index is 0.246. The van der Waals surface area contributed by atoms with Crippen LogP contribution in [0, 0.1) is 0 Å². The maximum atomic E-state index is 11.6. The lowest BCUT2D eigenvalue weighted by atomic mass is 10.0. The van der Waals surface area contributed by atoms with Crippen molar-refractivity contribution in [2.45, 2.75) is 4.90 Å². The maximum Gasteiger partial charge on any atom is 0.175 e. The van der Waals surface area contributed by atoms with E-state index in [1.165, 1.54) is 6.26 Å². The van der Waals surface area contributed by atoms with Crippen LogP contribution in [0.3, 0.4) is 0 Å². The van der Waals surface area contributed by atoms with Gasteiger partial charge < -0.3 is 4.74 Å². The summed E-state index contributed by atoms with van der Waals surface area (Å²) in [6.45, 7) is 0. The lowest BCUT2D eigenvalue weighted by Gasteiger charge is -2.08. The summed E-state index contributed by atoms with van der Waals surface area (Å²) in [7, 11) is -1.71. The van der Waals surface area contributed by atoms with Crippen LogP contribution in [-0.2, 0) is 9.84 Å². The first-order chi connectivity index (χ1) is 11.8. The summed E-state index contributed by atoms with van der Waals surface area (Å²) in [6, 6.07) is 11.8. The first-order valence-corrected chi connectivity index (χ1v) is 9.84. The zero-order valence-electron chi connectivity index (χ0n) is 13.4. The molecule has 1 N–H and O–H groups in total. The highest BCUT2D eigenvalue weighted by atomic mass is 35.5. The first kappa shape index (κ1) is 17.8. The van der Waals surface area contributed by atoms with E-state index in [0.717, 1.165) is 11.1 Å². The van der Waals surface area contributed by atoms with Gasteiger partial charge in [-0.1, -0.05) is 41.4 Å². The quantitative estimate of drug-likeness (QED) is 0.706. The van der Waals surface area contributed by atoms with Gasteiger partial charge in [0.15, 0.2) is 15.0 Å². The molecule has 0 spiro atoms. The second kappa shape index (κ2) is 6.71. The van der Waals surface area contributed by atoms with Crippen molar-refractivity contribution in [3.05, 3.63) is 52.6 Å². The fourth-order valence-corrected chi connectivity index (χ4v) is 3.62. The van der Waals surface area contributed by atoms with Crippen molar-refractivity contribution in [2.24, 2.45) is 0 Å². The molecule has 2 aromatic carbocycles. The smallest absolute Gasteiger partial charge is 0.175 e. The molecule has 3 rings (SSSR count). The number of sulfone groups is 1. The number of nitrogens with zero attached hydrogens (tertiary/aromatic N) is 1. The van der Waals surface area contributed by atoms with Crippen molar-refractivity contribution >= 4 is 33.0 Å². The number of rotatable bonds is 4. The Morgan fingerprint density at radius 1 is 1.04 bits per heavy atom. The van der Waals surface area contributed by atoms with Gasteiger partial charge in [0.05, 0.1) is 22.7 Å². The van der Waals surface area contributed by atoms with E-state index in [9.17, 15) is 8.42 Å². The van der Waals surface area contributed by atoms with Gasteiger partial charge in [-0.15, -0.1) is 0 Å². The monoisotopic (exact) mass is 396 g/mol. The summed E-state index contributed by atoms with van der Waals surface area (Å²) < 4.78 is 28.4. The molecule has 1 heterocycles. The molecule has 0 saturated heterocycles. The van der Waals surface area contributed by atoms with E-state index < -0.39 is 9.84 Å². The molecular formula is C17H14Cl2N2O3S. The highest BCUT2D eigenvalue weighted by Gasteiger charge is 2.17. The van der Waals surface area contributed by atoms with Crippen LogP contribution in [0.5, 0.6) is 5.75 Å². The Morgan fingerprint density at radius 2 is 1.68 bits per heavy atom. The van der Waals surface area contributed by atoms with Gasteiger partial charge in [-0.25, -0.2) is 8.42 Å². The normalized spacial score (nSPS) is 11.5. The second-order valence-electron chi connectivity index (χ2n) is 5.41. The predicted octanol–water partition coefficient (Wildman–Crippen LogP) is 4.46. The van der Waals surface area contributed by atoms with Crippen LogP contribution in [-0.4, -0.2) is 32.0 Å². The summed E-state index contributed by atoms with van der Waals surface area (Å²) in [5.74, 6) is 0.559. The number of aromatic nitrogens is 2. The van der Waals surface area contributed by atoms with Gasteiger partial charge in [-0.2, -0.15) is 5.10 Å². The van der Waals surface area contributed by atoms with Crippen molar-refractivity contribution in [1.29, 1.82) is 0 Å². The number of nitrogens with one attached hydrogen (secondary N) is 1. The van der Waals surface area contributed by atoms with E-state index >= 15 is 0 Å². The molecule has 3 aromatic rings. The van der Waals surface area contributed by atoms with Crippen molar-refractivity contribution in [3.63, 3.8) is 0 Å². The molecule has 0 fully saturated rings. The SMILES string of the molecule is COc1ccc(-c2c(Cl)n[nH]c2-c2ccc(S(C)(=O)=O)cc2)cc1Cl. The molecule has 5 nitrogen and oxygen atoms in total. The van der Waals surface area contributed by atoms with E-state index in [1.807, 2.05) is 6.07 Å². The van der Waals surface area contributed by atoms with Gasteiger partial charge >= 0.3 is 0 Å². The highest BCUT2D eigenvalue weighted by Crippen LogP contribution is 2.38. The van der Waals surface area contributed by atoms with Gasteiger partial charge in [0, 0.05) is 17.4 Å². The Hall–Kier alpha value is -2.02. The third kappa shape index (κ3) is 3.51. The number of aromatic amines is 1.